The number of aromatic nitrogens is 3. The Kier molecular flexibility index (Phi) is 3.36. The maximum atomic E-state index is 10.8. The number of carboxylic acid groups (broad SMARTS) is 1. The lowest BCUT2D eigenvalue weighted by Gasteiger charge is -2.24. The van der Waals surface area contributed by atoms with E-state index >= 15 is 0 Å². The lowest BCUT2D eigenvalue weighted by atomic mass is 10.3. The quantitative estimate of drug-likeness (QED) is 0.876. The van der Waals surface area contributed by atoms with Gasteiger partial charge in [0, 0.05) is 6.04 Å². The summed E-state index contributed by atoms with van der Waals surface area (Å²) < 4.78 is 0. The normalized spacial score (nSPS) is 10.8. The molecule has 1 N–H and O–H groups in total. The van der Waals surface area contributed by atoms with Crippen molar-refractivity contribution in [2.75, 3.05) is 11.4 Å². The summed E-state index contributed by atoms with van der Waals surface area (Å²) in [6.07, 6.45) is 0. The van der Waals surface area contributed by atoms with E-state index in [1.165, 1.54) is 0 Å². The van der Waals surface area contributed by atoms with Gasteiger partial charge in [-0.1, -0.05) is 12.1 Å². The van der Waals surface area contributed by atoms with Crippen LogP contribution in [0.4, 0.5) is 5.95 Å². The molecule has 2 rings (SSSR count). The SMILES string of the molecule is CC(C)N(CC(=O)O)c1nnc2ccccc2n1. The molecule has 6 nitrogen and oxygen atoms in total. The molecule has 0 atom stereocenters. The van der Waals surface area contributed by atoms with Crippen molar-refractivity contribution in [2.45, 2.75) is 19.9 Å². The van der Waals surface area contributed by atoms with Crippen molar-refractivity contribution in [2.24, 2.45) is 0 Å². The largest absolute Gasteiger partial charge is 0.480 e. The predicted octanol–water partition coefficient (Wildman–Crippen LogP) is 1.32. The standard InChI is InChI=1S/C12H14N4O2/c1-8(2)16(7-11(17)18)12-13-9-5-3-4-6-10(9)14-15-12/h3-6,8H,7H2,1-2H3,(H,17,18). The molecule has 0 aliphatic heterocycles. The van der Waals surface area contributed by atoms with Gasteiger partial charge in [-0.2, -0.15) is 0 Å². The molecule has 0 bridgehead atoms. The zero-order chi connectivity index (χ0) is 13.1. The van der Waals surface area contributed by atoms with Crippen molar-refractivity contribution in [3.8, 4) is 0 Å². The number of carbonyl (C=O) groups is 1. The molecule has 1 heterocycles. The number of carboxylic acids is 1. The van der Waals surface area contributed by atoms with E-state index in [2.05, 4.69) is 15.2 Å². The number of rotatable bonds is 4. The minimum absolute atomic E-state index is 0.0101. The Morgan fingerprint density at radius 1 is 1.28 bits per heavy atom. The van der Waals surface area contributed by atoms with E-state index in [1.54, 1.807) is 4.90 Å². The fraction of sp³-hybridized carbons (Fsp3) is 0.333. The summed E-state index contributed by atoms with van der Waals surface area (Å²) in [5.74, 6) is -0.577. The van der Waals surface area contributed by atoms with Gasteiger partial charge >= 0.3 is 5.97 Å². The van der Waals surface area contributed by atoms with Crippen molar-refractivity contribution >= 4 is 23.0 Å². The third-order valence-corrected chi connectivity index (χ3v) is 2.54. The van der Waals surface area contributed by atoms with Crippen LogP contribution in [0, 0.1) is 0 Å². The summed E-state index contributed by atoms with van der Waals surface area (Å²) in [6.45, 7) is 3.64. The molecule has 0 spiro atoms. The first kappa shape index (κ1) is 12.2. The van der Waals surface area contributed by atoms with Crippen LogP contribution in [0.2, 0.25) is 0 Å². The molecule has 0 saturated carbocycles. The van der Waals surface area contributed by atoms with Gasteiger partial charge in [0.2, 0.25) is 5.95 Å². The zero-order valence-electron chi connectivity index (χ0n) is 10.2. The number of nitrogens with zero attached hydrogens (tertiary/aromatic N) is 4. The Labute approximate surface area is 104 Å². The molecule has 2 aromatic rings. The van der Waals surface area contributed by atoms with E-state index in [4.69, 9.17) is 5.11 Å². The second-order valence-electron chi connectivity index (χ2n) is 4.22. The highest BCUT2D eigenvalue weighted by molar-refractivity contribution is 5.76. The smallest absolute Gasteiger partial charge is 0.323 e. The van der Waals surface area contributed by atoms with Gasteiger partial charge in [-0.3, -0.25) is 4.79 Å². The molecule has 0 saturated heterocycles. The van der Waals surface area contributed by atoms with Crippen LogP contribution in [0.1, 0.15) is 13.8 Å². The average Bonchev–Trinajstić information content (AvgIpc) is 2.35. The number of benzene rings is 1. The fourth-order valence-corrected chi connectivity index (χ4v) is 1.62. The van der Waals surface area contributed by atoms with E-state index in [9.17, 15) is 4.79 Å². The lowest BCUT2D eigenvalue weighted by molar-refractivity contribution is -0.135. The Morgan fingerprint density at radius 2 is 1.94 bits per heavy atom. The highest BCUT2D eigenvalue weighted by atomic mass is 16.4. The van der Waals surface area contributed by atoms with E-state index in [1.807, 2.05) is 38.1 Å². The molecule has 0 aliphatic rings. The number of hydrogen-bond donors (Lipinski definition) is 1. The lowest BCUT2D eigenvalue weighted by Crippen LogP contribution is -2.37. The topological polar surface area (TPSA) is 79.2 Å². The molecule has 6 heteroatoms. The van der Waals surface area contributed by atoms with Crippen molar-refractivity contribution in [1.82, 2.24) is 15.2 Å². The van der Waals surface area contributed by atoms with Crippen molar-refractivity contribution < 1.29 is 9.90 Å². The maximum Gasteiger partial charge on any atom is 0.323 e. The van der Waals surface area contributed by atoms with Gasteiger partial charge < -0.3 is 10.0 Å². The van der Waals surface area contributed by atoms with E-state index in [0.717, 1.165) is 0 Å². The molecule has 0 fully saturated rings. The summed E-state index contributed by atoms with van der Waals surface area (Å²) in [5, 5.41) is 16.9. The zero-order valence-corrected chi connectivity index (χ0v) is 10.2. The van der Waals surface area contributed by atoms with Crippen LogP contribution < -0.4 is 4.90 Å². The first-order valence-electron chi connectivity index (χ1n) is 5.66. The van der Waals surface area contributed by atoms with Crippen LogP contribution in [-0.2, 0) is 4.79 Å². The van der Waals surface area contributed by atoms with Gasteiger partial charge in [-0.25, -0.2) is 4.98 Å². The van der Waals surface area contributed by atoms with Crippen LogP contribution in [0.15, 0.2) is 24.3 Å². The number of hydrogen-bond acceptors (Lipinski definition) is 5. The molecule has 1 aromatic carbocycles. The van der Waals surface area contributed by atoms with Crippen molar-refractivity contribution in [3.05, 3.63) is 24.3 Å². The molecule has 1 aromatic heterocycles. The van der Waals surface area contributed by atoms with E-state index < -0.39 is 5.97 Å². The number of para-hydroxylation sites is 1. The summed E-state index contributed by atoms with van der Waals surface area (Å²) in [7, 11) is 0. The van der Waals surface area contributed by atoms with Gasteiger partial charge in [-0.05, 0) is 26.0 Å². The van der Waals surface area contributed by atoms with Gasteiger partial charge in [0.05, 0.1) is 5.52 Å². The summed E-state index contributed by atoms with van der Waals surface area (Å²) in [5.41, 5.74) is 1.40. The van der Waals surface area contributed by atoms with Crippen molar-refractivity contribution in [3.63, 3.8) is 0 Å². The second kappa shape index (κ2) is 4.95. The number of fused-ring (bicyclic) bond motifs is 1. The Morgan fingerprint density at radius 3 is 2.56 bits per heavy atom. The highest BCUT2D eigenvalue weighted by Gasteiger charge is 2.17. The van der Waals surface area contributed by atoms with Gasteiger partial charge in [0.15, 0.2) is 0 Å². The Balaban J connectivity index is 2.41. The van der Waals surface area contributed by atoms with Gasteiger partial charge in [0.1, 0.15) is 12.1 Å². The van der Waals surface area contributed by atoms with Crippen LogP contribution in [0.25, 0.3) is 11.0 Å². The average molecular weight is 246 g/mol. The van der Waals surface area contributed by atoms with Crippen molar-refractivity contribution in [1.29, 1.82) is 0 Å². The first-order chi connectivity index (χ1) is 8.58. The monoisotopic (exact) mass is 246 g/mol. The maximum absolute atomic E-state index is 10.8. The summed E-state index contributed by atoms with van der Waals surface area (Å²) in [4.78, 5) is 16.8. The molecular weight excluding hydrogens is 232 g/mol. The van der Waals surface area contributed by atoms with Gasteiger partial charge in [0.25, 0.3) is 0 Å². The molecule has 0 aliphatic carbocycles. The summed E-state index contributed by atoms with van der Waals surface area (Å²) >= 11 is 0. The van der Waals surface area contributed by atoms with Crippen LogP contribution in [0.5, 0.6) is 0 Å². The third-order valence-electron chi connectivity index (χ3n) is 2.54. The van der Waals surface area contributed by atoms with Crippen LogP contribution in [-0.4, -0.2) is 38.8 Å². The highest BCUT2D eigenvalue weighted by Crippen LogP contribution is 2.14. The predicted molar refractivity (Wildman–Crippen MR) is 67.5 cm³/mol. The van der Waals surface area contributed by atoms with Crippen LogP contribution in [0.3, 0.4) is 0 Å². The number of aliphatic carboxylic acids is 1. The molecule has 0 amide bonds. The number of anilines is 1. The summed E-state index contributed by atoms with van der Waals surface area (Å²) in [6, 6.07) is 7.35. The minimum Gasteiger partial charge on any atom is -0.480 e. The molecule has 0 unspecified atom stereocenters. The molecule has 0 radical (unpaired) electrons. The molecule has 18 heavy (non-hydrogen) atoms. The molecule has 94 valence electrons. The second-order valence-corrected chi connectivity index (χ2v) is 4.22. The van der Waals surface area contributed by atoms with Gasteiger partial charge in [-0.15, -0.1) is 10.2 Å². The fourth-order valence-electron chi connectivity index (χ4n) is 1.62. The third kappa shape index (κ3) is 2.53. The molecular formula is C12H14N4O2. The van der Waals surface area contributed by atoms with E-state index in [0.29, 0.717) is 17.0 Å². The first-order valence-corrected chi connectivity index (χ1v) is 5.66. The Bertz CT molecular complexity index is 571. The van der Waals surface area contributed by atoms with Crippen LogP contribution >= 0.6 is 0 Å². The Hall–Kier alpha value is -2.24. The minimum atomic E-state index is -0.916. The van der Waals surface area contributed by atoms with E-state index in [-0.39, 0.29) is 12.6 Å².